The second kappa shape index (κ2) is 5.06. The predicted molar refractivity (Wildman–Crippen MR) is 69.3 cm³/mol. The Kier molecular flexibility index (Phi) is 3.69. The van der Waals surface area contributed by atoms with Gasteiger partial charge in [0, 0.05) is 18.0 Å². The number of thiophene rings is 1. The molecule has 0 fully saturated rings. The second-order valence-electron chi connectivity index (χ2n) is 4.26. The molecule has 1 aliphatic rings. The van der Waals surface area contributed by atoms with Crippen LogP contribution in [0, 0.1) is 0 Å². The molecule has 0 aliphatic carbocycles. The fourth-order valence-electron chi connectivity index (χ4n) is 2.31. The van der Waals surface area contributed by atoms with Crippen LogP contribution in [0.5, 0.6) is 0 Å². The van der Waals surface area contributed by atoms with E-state index in [1.807, 2.05) is 0 Å². The molecule has 4 nitrogen and oxygen atoms in total. The number of methoxy groups -OCH3 is 1. The number of nitrogens with two attached hydrogens (primary N) is 1. The van der Waals surface area contributed by atoms with Crippen molar-refractivity contribution in [2.24, 2.45) is 0 Å². The van der Waals surface area contributed by atoms with Crippen molar-refractivity contribution in [3.63, 3.8) is 0 Å². The molecule has 2 heterocycles. The van der Waals surface area contributed by atoms with Crippen LogP contribution < -0.4 is 5.73 Å². The lowest BCUT2D eigenvalue weighted by Crippen LogP contribution is -2.30. The summed E-state index contributed by atoms with van der Waals surface area (Å²) in [5, 5.41) is 0.597. The molecule has 0 bridgehead atoms. The maximum absolute atomic E-state index is 11.7. The first kappa shape index (κ1) is 12.4. The van der Waals surface area contributed by atoms with Gasteiger partial charge in [0.05, 0.1) is 12.7 Å². The number of carbonyl (C=O) groups excluding carboxylic acids is 1. The molecule has 0 saturated heterocycles. The fraction of sp³-hybridized carbons (Fsp3) is 0.583. The van der Waals surface area contributed by atoms with Gasteiger partial charge in [-0.05, 0) is 24.9 Å². The summed E-state index contributed by atoms with van der Waals surface area (Å²) in [7, 11) is 1.40. The number of ether oxygens (including phenoxy) is 1. The van der Waals surface area contributed by atoms with E-state index in [1.54, 1.807) is 0 Å². The molecule has 0 unspecified atom stereocenters. The normalized spacial score (nSPS) is 15.6. The van der Waals surface area contributed by atoms with E-state index in [0.29, 0.717) is 10.6 Å². The van der Waals surface area contributed by atoms with Gasteiger partial charge in [-0.2, -0.15) is 0 Å². The number of hydrogen-bond donors (Lipinski definition) is 1. The topological polar surface area (TPSA) is 55.6 Å². The van der Waals surface area contributed by atoms with E-state index in [9.17, 15) is 4.79 Å². The highest BCUT2D eigenvalue weighted by molar-refractivity contribution is 7.16. The lowest BCUT2D eigenvalue weighted by Gasteiger charge is -2.26. The summed E-state index contributed by atoms with van der Waals surface area (Å²) < 4.78 is 4.79. The van der Waals surface area contributed by atoms with Crippen molar-refractivity contribution >= 4 is 22.3 Å². The minimum Gasteiger partial charge on any atom is -0.465 e. The van der Waals surface area contributed by atoms with Gasteiger partial charge in [-0.1, -0.05) is 6.92 Å². The Bertz CT molecular complexity index is 428. The first-order valence-corrected chi connectivity index (χ1v) is 6.69. The maximum atomic E-state index is 11.7. The molecule has 0 aromatic carbocycles. The van der Waals surface area contributed by atoms with Gasteiger partial charge in [-0.25, -0.2) is 4.79 Å². The van der Waals surface area contributed by atoms with E-state index in [2.05, 4.69) is 11.8 Å². The summed E-state index contributed by atoms with van der Waals surface area (Å²) >= 11 is 1.53. The van der Waals surface area contributed by atoms with Crippen LogP contribution in [-0.4, -0.2) is 31.1 Å². The van der Waals surface area contributed by atoms with Crippen molar-refractivity contribution in [3.8, 4) is 0 Å². The molecular formula is C12H18N2O2S. The van der Waals surface area contributed by atoms with Gasteiger partial charge < -0.3 is 10.5 Å². The van der Waals surface area contributed by atoms with Gasteiger partial charge in [-0.3, -0.25) is 4.90 Å². The molecule has 5 heteroatoms. The molecular weight excluding hydrogens is 236 g/mol. The lowest BCUT2D eigenvalue weighted by atomic mass is 10.0. The van der Waals surface area contributed by atoms with E-state index in [0.717, 1.165) is 38.0 Å². The highest BCUT2D eigenvalue weighted by atomic mass is 32.1. The van der Waals surface area contributed by atoms with Crippen molar-refractivity contribution in [1.82, 2.24) is 4.90 Å². The number of hydrogen-bond acceptors (Lipinski definition) is 5. The average Bonchev–Trinajstić information content (AvgIpc) is 2.64. The van der Waals surface area contributed by atoms with E-state index in [1.165, 1.54) is 23.3 Å². The summed E-state index contributed by atoms with van der Waals surface area (Å²) in [4.78, 5) is 15.3. The van der Waals surface area contributed by atoms with Gasteiger partial charge in [0.25, 0.3) is 0 Å². The van der Waals surface area contributed by atoms with Crippen molar-refractivity contribution in [2.75, 3.05) is 25.9 Å². The van der Waals surface area contributed by atoms with Crippen LogP contribution in [0.25, 0.3) is 0 Å². The summed E-state index contributed by atoms with van der Waals surface area (Å²) in [6.45, 7) is 5.19. The average molecular weight is 254 g/mol. The number of esters is 1. The van der Waals surface area contributed by atoms with Crippen LogP contribution in [0.1, 0.15) is 34.1 Å². The Balaban J connectivity index is 2.27. The fourth-order valence-corrected chi connectivity index (χ4v) is 3.46. The van der Waals surface area contributed by atoms with Crippen molar-refractivity contribution in [3.05, 3.63) is 16.0 Å². The molecule has 0 amide bonds. The van der Waals surface area contributed by atoms with Crippen molar-refractivity contribution in [1.29, 1.82) is 0 Å². The minimum absolute atomic E-state index is 0.302. The molecule has 1 aromatic rings. The third-order valence-electron chi connectivity index (χ3n) is 3.09. The van der Waals surface area contributed by atoms with E-state index < -0.39 is 0 Å². The monoisotopic (exact) mass is 254 g/mol. The Morgan fingerprint density at radius 3 is 3.00 bits per heavy atom. The second-order valence-corrected chi connectivity index (χ2v) is 5.40. The molecule has 0 saturated carbocycles. The highest BCUT2D eigenvalue weighted by Gasteiger charge is 2.26. The maximum Gasteiger partial charge on any atom is 0.341 e. The van der Waals surface area contributed by atoms with Crippen LogP contribution in [0.2, 0.25) is 0 Å². The SMILES string of the molecule is CCCN1CCc2c(sc(N)c2C(=O)OC)C1. The first-order chi connectivity index (χ1) is 8.17. The molecule has 1 aliphatic heterocycles. The predicted octanol–water partition coefficient (Wildman–Crippen LogP) is 1.89. The van der Waals surface area contributed by atoms with Crippen LogP contribution >= 0.6 is 11.3 Å². The van der Waals surface area contributed by atoms with Crippen LogP contribution in [0.15, 0.2) is 0 Å². The zero-order valence-corrected chi connectivity index (χ0v) is 11.1. The van der Waals surface area contributed by atoms with Gasteiger partial charge in [-0.15, -0.1) is 11.3 Å². The van der Waals surface area contributed by atoms with E-state index in [4.69, 9.17) is 10.5 Å². The van der Waals surface area contributed by atoms with Gasteiger partial charge in [0.15, 0.2) is 0 Å². The number of anilines is 1. The molecule has 94 valence electrons. The summed E-state index contributed by atoms with van der Waals surface area (Å²) in [5.74, 6) is -0.302. The molecule has 17 heavy (non-hydrogen) atoms. The van der Waals surface area contributed by atoms with Crippen molar-refractivity contribution < 1.29 is 9.53 Å². The highest BCUT2D eigenvalue weighted by Crippen LogP contribution is 2.35. The quantitative estimate of drug-likeness (QED) is 0.837. The smallest absolute Gasteiger partial charge is 0.341 e. The Morgan fingerprint density at radius 2 is 2.35 bits per heavy atom. The number of fused-ring (bicyclic) bond motifs is 1. The van der Waals surface area contributed by atoms with Crippen LogP contribution in [0.4, 0.5) is 5.00 Å². The number of rotatable bonds is 3. The Morgan fingerprint density at radius 1 is 1.59 bits per heavy atom. The van der Waals surface area contributed by atoms with E-state index in [-0.39, 0.29) is 5.97 Å². The zero-order valence-electron chi connectivity index (χ0n) is 10.3. The number of nitrogen functional groups attached to an aromatic ring is 1. The van der Waals surface area contributed by atoms with E-state index >= 15 is 0 Å². The minimum atomic E-state index is -0.302. The molecule has 0 atom stereocenters. The largest absolute Gasteiger partial charge is 0.465 e. The molecule has 0 radical (unpaired) electrons. The van der Waals surface area contributed by atoms with Crippen LogP contribution in [0.3, 0.4) is 0 Å². The van der Waals surface area contributed by atoms with Gasteiger partial charge in [0.2, 0.25) is 0 Å². The Hall–Kier alpha value is -1.07. The van der Waals surface area contributed by atoms with Crippen molar-refractivity contribution in [2.45, 2.75) is 26.3 Å². The third-order valence-corrected chi connectivity index (χ3v) is 4.14. The number of carbonyl (C=O) groups is 1. The molecule has 1 aromatic heterocycles. The third kappa shape index (κ3) is 2.30. The van der Waals surface area contributed by atoms with Gasteiger partial charge >= 0.3 is 5.97 Å². The lowest BCUT2D eigenvalue weighted by molar-refractivity contribution is 0.0600. The Labute approximate surface area is 105 Å². The molecule has 0 spiro atoms. The summed E-state index contributed by atoms with van der Waals surface area (Å²) in [5.41, 5.74) is 7.62. The standard InChI is InChI=1S/C12H18N2O2S/c1-3-5-14-6-4-8-9(7-14)17-11(13)10(8)12(15)16-2/h3-7,13H2,1-2H3. The first-order valence-electron chi connectivity index (χ1n) is 5.88. The number of nitrogens with zero attached hydrogens (tertiary/aromatic N) is 1. The van der Waals surface area contributed by atoms with Gasteiger partial charge in [0.1, 0.15) is 5.00 Å². The molecule has 2 rings (SSSR count). The zero-order chi connectivity index (χ0) is 12.4. The molecule has 2 N–H and O–H groups in total. The summed E-state index contributed by atoms with van der Waals surface area (Å²) in [6.07, 6.45) is 2.05. The summed E-state index contributed by atoms with van der Waals surface area (Å²) in [6, 6.07) is 0. The van der Waals surface area contributed by atoms with Crippen LogP contribution in [-0.2, 0) is 17.7 Å².